The molecule has 0 aromatic carbocycles. The summed E-state index contributed by atoms with van der Waals surface area (Å²) in [6, 6.07) is 0. The summed E-state index contributed by atoms with van der Waals surface area (Å²) >= 11 is 0. The Hall–Kier alpha value is -0.500. The van der Waals surface area contributed by atoms with Crippen LogP contribution >= 0.6 is 0 Å². The number of ether oxygens (including phenoxy) is 2. The van der Waals surface area contributed by atoms with E-state index in [2.05, 4.69) is 11.3 Å². The quantitative estimate of drug-likeness (QED) is 0.308. The maximum absolute atomic E-state index is 4.93. The van der Waals surface area contributed by atoms with Crippen molar-refractivity contribution in [2.24, 2.45) is 0 Å². The SMILES string of the molecule is C=COCOCCC. The maximum atomic E-state index is 4.93. The van der Waals surface area contributed by atoms with Gasteiger partial charge in [-0.15, -0.1) is 0 Å². The fourth-order valence-corrected chi connectivity index (χ4v) is 0.299. The van der Waals surface area contributed by atoms with Crippen molar-refractivity contribution in [2.45, 2.75) is 13.3 Å². The first-order valence-electron chi connectivity index (χ1n) is 2.72. The molecule has 2 nitrogen and oxygen atoms in total. The molecule has 0 spiro atoms. The van der Waals surface area contributed by atoms with Crippen molar-refractivity contribution >= 4 is 0 Å². The molecule has 0 heterocycles. The Bertz CT molecular complexity index is 52.5. The van der Waals surface area contributed by atoms with Gasteiger partial charge in [-0.25, -0.2) is 0 Å². The minimum atomic E-state index is 0.331. The summed E-state index contributed by atoms with van der Waals surface area (Å²) in [6.07, 6.45) is 2.40. The highest BCUT2D eigenvalue weighted by Gasteiger charge is 1.78. The second-order valence-corrected chi connectivity index (χ2v) is 1.36. The van der Waals surface area contributed by atoms with Gasteiger partial charge in [0.15, 0.2) is 6.79 Å². The molecule has 0 aromatic heterocycles. The molecule has 0 saturated carbocycles. The minimum Gasteiger partial charge on any atom is -0.476 e. The molecular formula is C6H12O2. The van der Waals surface area contributed by atoms with Crippen molar-refractivity contribution < 1.29 is 9.47 Å². The van der Waals surface area contributed by atoms with E-state index in [1.807, 2.05) is 6.92 Å². The van der Waals surface area contributed by atoms with Crippen LogP contribution in [0.1, 0.15) is 13.3 Å². The van der Waals surface area contributed by atoms with Crippen molar-refractivity contribution in [2.75, 3.05) is 13.4 Å². The zero-order valence-corrected chi connectivity index (χ0v) is 5.22. The van der Waals surface area contributed by atoms with Gasteiger partial charge < -0.3 is 9.47 Å². The van der Waals surface area contributed by atoms with Gasteiger partial charge >= 0.3 is 0 Å². The second-order valence-electron chi connectivity index (χ2n) is 1.36. The standard InChI is InChI=1S/C6H12O2/c1-3-5-8-6-7-4-2/h4H,2-3,5-6H2,1H3. The summed E-state index contributed by atoms with van der Waals surface area (Å²) in [5.74, 6) is 0. The molecule has 0 rings (SSSR count). The fourth-order valence-electron chi connectivity index (χ4n) is 0.299. The fraction of sp³-hybridized carbons (Fsp3) is 0.667. The molecule has 0 amide bonds. The molecule has 0 aliphatic carbocycles. The lowest BCUT2D eigenvalue weighted by molar-refractivity contribution is -0.0105. The molecule has 0 aromatic rings. The Morgan fingerprint density at radius 2 is 2.38 bits per heavy atom. The first-order chi connectivity index (χ1) is 3.91. The molecular weight excluding hydrogens is 104 g/mol. The van der Waals surface area contributed by atoms with E-state index in [0.29, 0.717) is 6.79 Å². The van der Waals surface area contributed by atoms with Gasteiger partial charge in [0.25, 0.3) is 0 Å². The topological polar surface area (TPSA) is 18.5 Å². The molecule has 8 heavy (non-hydrogen) atoms. The van der Waals surface area contributed by atoms with E-state index < -0.39 is 0 Å². The van der Waals surface area contributed by atoms with Crippen LogP contribution in [0.3, 0.4) is 0 Å². The van der Waals surface area contributed by atoms with Crippen molar-refractivity contribution in [3.8, 4) is 0 Å². The van der Waals surface area contributed by atoms with Crippen LogP contribution in [0.5, 0.6) is 0 Å². The van der Waals surface area contributed by atoms with Gasteiger partial charge in [0.05, 0.1) is 12.9 Å². The third-order valence-corrected chi connectivity index (χ3v) is 0.618. The normalized spacial score (nSPS) is 8.62. The van der Waals surface area contributed by atoms with Gasteiger partial charge in [-0.3, -0.25) is 0 Å². The van der Waals surface area contributed by atoms with Crippen LogP contribution in [0, 0.1) is 0 Å². The average Bonchev–Trinajstić information content (AvgIpc) is 1.81. The van der Waals surface area contributed by atoms with E-state index >= 15 is 0 Å². The summed E-state index contributed by atoms with van der Waals surface area (Å²) in [6.45, 7) is 6.49. The molecule has 0 N–H and O–H groups in total. The van der Waals surface area contributed by atoms with Crippen molar-refractivity contribution in [1.29, 1.82) is 0 Å². The zero-order chi connectivity index (χ0) is 6.24. The molecule has 2 heteroatoms. The van der Waals surface area contributed by atoms with Crippen LogP contribution in [-0.4, -0.2) is 13.4 Å². The predicted octanol–water partition coefficient (Wildman–Crippen LogP) is 1.53. The van der Waals surface area contributed by atoms with Gasteiger partial charge in [0.1, 0.15) is 0 Å². The van der Waals surface area contributed by atoms with E-state index in [0.717, 1.165) is 13.0 Å². The van der Waals surface area contributed by atoms with Gasteiger partial charge in [-0.1, -0.05) is 13.5 Å². The number of hydrogen-bond donors (Lipinski definition) is 0. The minimum absolute atomic E-state index is 0.331. The molecule has 0 saturated heterocycles. The van der Waals surface area contributed by atoms with E-state index in [4.69, 9.17) is 4.74 Å². The van der Waals surface area contributed by atoms with E-state index in [1.54, 1.807) is 0 Å². The lowest BCUT2D eigenvalue weighted by Gasteiger charge is -1.98. The largest absolute Gasteiger partial charge is 0.476 e. The maximum Gasteiger partial charge on any atom is 0.188 e. The Labute approximate surface area is 50.1 Å². The van der Waals surface area contributed by atoms with Gasteiger partial charge in [0, 0.05) is 0 Å². The van der Waals surface area contributed by atoms with Crippen LogP contribution < -0.4 is 0 Å². The molecule has 48 valence electrons. The summed E-state index contributed by atoms with van der Waals surface area (Å²) in [7, 11) is 0. The van der Waals surface area contributed by atoms with E-state index in [9.17, 15) is 0 Å². The summed E-state index contributed by atoms with van der Waals surface area (Å²) < 4.78 is 9.61. The third kappa shape index (κ3) is 5.50. The van der Waals surface area contributed by atoms with E-state index in [1.165, 1.54) is 6.26 Å². The van der Waals surface area contributed by atoms with Gasteiger partial charge in [0.2, 0.25) is 0 Å². The van der Waals surface area contributed by atoms with Gasteiger partial charge in [-0.2, -0.15) is 0 Å². The van der Waals surface area contributed by atoms with Crippen molar-refractivity contribution in [3.63, 3.8) is 0 Å². The monoisotopic (exact) mass is 116 g/mol. The predicted molar refractivity (Wildman–Crippen MR) is 32.4 cm³/mol. The molecule has 0 aliphatic rings. The van der Waals surface area contributed by atoms with Crippen LogP contribution in [0.15, 0.2) is 12.8 Å². The van der Waals surface area contributed by atoms with Crippen LogP contribution in [0.2, 0.25) is 0 Å². The Balaban J connectivity index is 2.62. The van der Waals surface area contributed by atoms with E-state index in [-0.39, 0.29) is 0 Å². The number of hydrogen-bond acceptors (Lipinski definition) is 2. The van der Waals surface area contributed by atoms with Gasteiger partial charge in [-0.05, 0) is 6.42 Å². The highest BCUT2D eigenvalue weighted by atomic mass is 16.7. The first kappa shape index (κ1) is 7.50. The summed E-state index contributed by atoms with van der Waals surface area (Å²) in [4.78, 5) is 0. The smallest absolute Gasteiger partial charge is 0.188 e. The highest BCUT2D eigenvalue weighted by molar-refractivity contribution is 4.44. The summed E-state index contributed by atoms with van der Waals surface area (Å²) in [5, 5.41) is 0. The zero-order valence-electron chi connectivity index (χ0n) is 5.22. The van der Waals surface area contributed by atoms with Crippen LogP contribution in [-0.2, 0) is 9.47 Å². The molecule has 0 radical (unpaired) electrons. The lowest BCUT2D eigenvalue weighted by Crippen LogP contribution is -1.95. The molecule has 0 bridgehead atoms. The Kier molecular flexibility index (Phi) is 6.09. The lowest BCUT2D eigenvalue weighted by atomic mass is 10.5. The Morgan fingerprint density at radius 3 is 2.88 bits per heavy atom. The van der Waals surface area contributed by atoms with Crippen molar-refractivity contribution in [3.05, 3.63) is 12.8 Å². The Morgan fingerprint density at radius 1 is 1.62 bits per heavy atom. The van der Waals surface area contributed by atoms with Crippen LogP contribution in [0.25, 0.3) is 0 Å². The number of rotatable bonds is 5. The molecule has 0 atom stereocenters. The van der Waals surface area contributed by atoms with Crippen LogP contribution in [0.4, 0.5) is 0 Å². The second kappa shape index (κ2) is 6.50. The average molecular weight is 116 g/mol. The molecule has 0 aliphatic heterocycles. The first-order valence-corrected chi connectivity index (χ1v) is 2.72. The molecule has 0 unspecified atom stereocenters. The third-order valence-electron chi connectivity index (χ3n) is 0.618. The molecule has 0 fully saturated rings. The van der Waals surface area contributed by atoms with Crippen molar-refractivity contribution in [1.82, 2.24) is 0 Å². The summed E-state index contributed by atoms with van der Waals surface area (Å²) in [5.41, 5.74) is 0. The highest BCUT2D eigenvalue weighted by Crippen LogP contribution is 1.80.